The van der Waals surface area contributed by atoms with Crippen molar-refractivity contribution in [2.24, 2.45) is 0 Å². The molecule has 0 N–H and O–H groups in total. The van der Waals surface area contributed by atoms with E-state index in [0.29, 0.717) is 23.1 Å². The lowest BCUT2D eigenvalue weighted by atomic mass is 9.95. The Morgan fingerprint density at radius 3 is 2.83 bits per heavy atom. The molecule has 0 saturated heterocycles. The van der Waals surface area contributed by atoms with E-state index in [2.05, 4.69) is 5.10 Å². The van der Waals surface area contributed by atoms with E-state index in [-0.39, 0.29) is 6.61 Å². The maximum absolute atomic E-state index is 15.0. The largest absolute Gasteiger partial charge is 0.461 e. The number of rotatable bonds is 4. The van der Waals surface area contributed by atoms with Crippen molar-refractivity contribution in [2.45, 2.75) is 44.3 Å². The van der Waals surface area contributed by atoms with Crippen LogP contribution in [-0.4, -0.2) is 22.4 Å². The van der Waals surface area contributed by atoms with E-state index in [1.807, 2.05) is 6.07 Å². The molecule has 1 fully saturated rings. The molecule has 2 aliphatic rings. The molecule has 0 spiro atoms. The normalized spacial score (nSPS) is 22.9. The lowest BCUT2D eigenvalue weighted by molar-refractivity contribution is 0.0500. The van der Waals surface area contributed by atoms with Crippen LogP contribution in [0.5, 0.6) is 0 Å². The van der Waals surface area contributed by atoms with Crippen molar-refractivity contribution in [1.29, 1.82) is 0 Å². The number of carbonyl (C=O) groups excluding carboxylic acids is 1. The molecule has 4 rings (SSSR count). The molecule has 2 aliphatic carbocycles. The van der Waals surface area contributed by atoms with Crippen LogP contribution in [0, 0.1) is 0 Å². The highest BCUT2D eigenvalue weighted by Gasteiger charge is 2.44. The summed E-state index contributed by atoms with van der Waals surface area (Å²) in [7, 11) is 0. The molecule has 1 aromatic heterocycles. The molecule has 3 unspecified atom stereocenters. The SMILES string of the molecule is CCOC(=O)c1c2c(nn1C(F)c1ccccc1)C1CCC2C1. The zero-order valence-corrected chi connectivity index (χ0v) is 13.0. The molecule has 0 amide bonds. The first-order valence-electron chi connectivity index (χ1n) is 8.19. The van der Waals surface area contributed by atoms with Gasteiger partial charge in [-0.2, -0.15) is 5.10 Å². The number of alkyl halides is 1. The molecule has 3 atom stereocenters. The monoisotopic (exact) mass is 314 g/mol. The van der Waals surface area contributed by atoms with Crippen LogP contribution in [0.4, 0.5) is 4.39 Å². The maximum Gasteiger partial charge on any atom is 0.357 e. The van der Waals surface area contributed by atoms with Gasteiger partial charge in [-0.05, 0) is 32.1 Å². The third-order valence-electron chi connectivity index (χ3n) is 4.96. The van der Waals surface area contributed by atoms with Crippen LogP contribution in [-0.2, 0) is 4.74 Å². The molecule has 23 heavy (non-hydrogen) atoms. The second-order valence-corrected chi connectivity index (χ2v) is 6.27. The van der Waals surface area contributed by atoms with Gasteiger partial charge in [0, 0.05) is 17.0 Å². The molecule has 1 aromatic carbocycles. The van der Waals surface area contributed by atoms with Crippen molar-refractivity contribution in [3.63, 3.8) is 0 Å². The predicted molar refractivity (Wildman–Crippen MR) is 83.2 cm³/mol. The molecule has 1 heterocycles. The Morgan fingerprint density at radius 2 is 2.09 bits per heavy atom. The summed E-state index contributed by atoms with van der Waals surface area (Å²) in [5.41, 5.74) is 2.64. The first kappa shape index (κ1) is 14.4. The van der Waals surface area contributed by atoms with Gasteiger partial charge < -0.3 is 4.74 Å². The van der Waals surface area contributed by atoms with E-state index in [4.69, 9.17) is 4.74 Å². The van der Waals surface area contributed by atoms with Gasteiger partial charge in [-0.15, -0.1) is 0 Å². The highest BCUT2D eigenvalue weighted by atomic mass is 19.1. The van der Waals surface area contributed by atoms with Crippen molar-refractivity contribution >= 4 is 5.97 Å². The fraction of sp³-hybridized carbons (Fsp3) is 0.444. The van der Waals surface area contributed by atoms with E-state index in [0.717, 1.165) is 30.5 Å². The van der Waals surface area contributed by atoms with Gasteiger partial charge in [0.1, 0.15) is 0 Å². The van der Waals surface area contributed by atoms with Crippen molar-refractivity contribution in [1.82, 2.24) is 9.78 Å². The first-order chi connectivity index (χ1) is 11.2. The Morgan fingerprint density at radius 1 is 1.35 bits per heavy atom. The second-order valence-electron chi connectivity index (χ2n) is 6.27. The van der Waals surface area contributed by atoms with Crippen LogP contribution in [0.1, 0.15) is 71.6 Å². The Labute approximate surface area is 134 Å². The molecule has 0 radical (unpaired) electrons. The molecule has 2 aromatic rings. The van der Waals surface area contributed by atoms with E-state index in [9.17, 15) is 4.79 Å². The van der Waals surface area contributed by atoms with Gasteiger partial charge in [0.2, 0.25) is 6.30 Å². The predicted octanol–water partition coefficient (Wildman–Crippen LogP) is 3.94. The smallest absolute Gasteiger partial charge is 0.357 e. The molecule has 1 saturated carbocycles. The quantitative estimate of drug-likeness (QED) is 0.803. The summed E-state index contributed by atoms with van der Waals surface area (Å²) in [6, 6.07) is 8.83. The van der Waals surface area contributed by atoms with Gasteiger partial charge in [-0.25, -0.2) is 13.9 Å². The number of esters is 1. The fourth-order valence-electron chi connectivity index (χ4n) is 3.98. The van der Waals surface area contributed by atoms with Crippen molar-refractivity contribution < 1.29 is 13.9 Å². The highest BCUT2D eigenvalue weighted by Crippen LogP contribution is 2.54. The topological polar surface area (TPSA) is 44.1 Å². The fourth-order valence-corrected chi connectivity index (χ4v) is 3.98. The number of aromatic nitrogens is 2. The van der Waals surface area contributed by atoms with Crippen LogP contribution < -0.4 is 0 Å². The Bertz CT molecular complexity index is 741. The average molecular weight is 314 g/mol. The minimum absolute atomic E-state index is 0.273. The number of benzene rings is 1. The Kier molecular flexibility index (Phi) is 3.43. The number of carbonyl (C=O) groups is 1. The minimum atomic E-state index is -1.47. The summed E-state index contributed by atoms with van der Waals surface area (Å²) in [6.07, 6.45) is 1.70. The van der Waals surface area contributed by atoms with Gasteiger partial charge in [-0.1, -0.05) is 30.3 Å². The lowest BCUT2D eigenvalue weighted by Crippen LogP contribution is -2.18. The van der Waals surface area contributed by atoms with E-state index in [1.165, 1.54) is 4.68 Å². The maximum atomic E-state index is 15.0. The number of hydrogen-bond donors (Lipinski definition) is 0. The molecule has 4 nitrogen and oxygen atoms in total. The van der Waals surface area contributed by atoms with E-state index in [1.54, 1.807) is 31.2 Å². The van der Waals surface area contributed by atoms with Crippen molar-refractivity contribution in [3.05, 3.63) is 52.8 Å². The Hall–Kier alpha value is -2.17. The number of halogens is 1. The van der Waals surface area contributed by atoms with Crippen LogP contribution in [0.25, 0.3) is 0 Å². The van der Waals surface area contributed by atoms with Crippen LogP contribution in [0.2, 0.25) is 0 Å². The molecule has 5 heteroatoms. The lowest BCUT2D eigenvalue weighted by Gasteiger charge is -2.15. The number of hydrogen-bond acceptors (Lipinski definition) is 3. The van der Waals surface area contributed by atoms with E-state index >= 15 is 4.39 Å². The van der Waals surface area contributed by atoms with Gasteiger partial charge in [-0.3, -0.25) is 0 Å². The number of fused-ring (bicyclic) bond motifs is 5. The molecule has 2 bridgehead atoms. The standard InChI is InChI=1S/C18H19FN2O2/c1-2-23-18(22)16-14-12-8-9-13(10-12)15(14)20-21(16)17(19)11-6-4-3-5-7-11/h3-7,12-13,17H,2,8-10H2,1H3. The second kappa shape index (κ2) is 5.48. The van der Waals surface area contributed by atoms with Crippen LogP contribution >= 0.6 is 0 Å². The van der Waals surface area contributed by atoms with Crippen LogP contribution in [0.15, 0.2) is 30.3 Å². The summed E-state index contributed by atoms with van der Waals surface area (Å²) in [6.45, 7) is 2.03. The third-order valence-corrected chi connectivity index (χ3v) is 4.96. The number of nitrogens with zero attached hydrogens (tertiary/aromatic N) is 2. The number of ether oxygens (including phenoxy) is 1. The Balaban J connectivity index is 1.82. The zero-order chi connectivity index (χ0) is 16.0. The van der Waals surface area contributed by atoms with E-state index < -0.39 is 12.3 Å². The summed E-state index contributed by atoms with van der Waals surface area (Å²) < 4.78 is 21.5. The summed E-state index contributed by atoms with van der Waals surface area (Å²) in [4.78, 5) is 12.4. The molecular formula is C18H19FN2O2. The van der Waals surface area contributed by atoms with Gasteiger partial charge in [0.25, 0.3) is 0 Å². The minimum Gasteiger partial charge on any atom is -0.461 e. The molecule has 120 valence electrons. The first-order valence-corrected chi connectivity index (χ1v) is 8.19. The average Bonchev–Trinajstić information content (AvgIpc) is 3.26. The summed E-state index contributed by atoms with van der Waals surface area (Å²) in [5.74, 6) is 0.228. The molecular weight excluding hydrogens is 295 g/mol. The van der Waals surface area contributed by atoms with Crippen molar-refractivity contribution in [2.75, 3.05) is 6.61 Å². The third kappa shape index (κ3) is 2.18. The van der Waals surface area contributed by atoms with Crippen LogP contribution in [0.3, 0.4) is 0 Å². The van der Waals surface area contributed by atoms with Gasteiger partial charge >= 0.3 is 5.97 Å². The van der Waals surface area contributed by atoms with Gasteiger partial charge in [0.05, 0.1) is 12.3 Å². The zero-order valence-electron chi connectivity index (χ0n) is 13.0. The van der Waals surface area contributed by atoms with Gasteiger partial charge in [0.15, 0.2) is 5.69 Å². The van der Waals surface area contributed by atoms with Crippen molar-refractivity contribution in [3.8, 4) is 0 Å². The highest BCUT2D eigenvalue weighted by molar-refractivity contribution is 5.90. The molecule has 0 aliphatic heterocycles. The summed E-state index contributed by atoms with van der Waals surface area (Å²) in [5, 5.41) is 4.49. The summed E-state index contributed by atoms with van der Waals surface area (Å²) >= 11 is 0.